The molecule has 0 saturated heterocycles. The number of hydrogen-bond acceptors (Lipinski definition) is 4. The molecule has 0 radical (unpaired) electrons. The van der Waals surface area contributed by atoms with Gasteiger partial charge in [0.1, 0.15) is 0 Å². The Labute approximate surface area is 82.9 Å². The number of allylic oxidation sites excluding steroid dienone is 1. The van der Waals surface area contributed by atoms with E-state index < -0.39 is 17.9 Å². The highest BCUT2D eigenvalue weighted by Gasteiger charge is 2.33. The van der Waals surface area contributed by atoms with Crippen molar-refractivity contribution in [2.75, 3.05) is 14.2 Å². The maximum atomic E-state index is 11.3. The van der Waals surface area contributed by atoms with Gasteiger partial charge in [-0.2, -0.15) is 0 Å². The van der Waals surface area contributed by atoms with Crippen molar-refractivity contribution in [3.8, 4) is 0 Å². The molecule has 0 heterocycles. The van der Waals surface area contributed by atoms with Gasteiger partial charge in [-0.1, -0.05) is 6.08 Å². The van der Waals surface area contributed by atoms with Crippen LogP contribution in [0.25, 0.3) is 0 Å². The van der Waals surface area contributed by atoms with E-state index in [4.69, 9.17) is 0 Å². The standard InChI is InChI=1S/C10H14O4/c1-13-9(11)8(10(12)14-2)7-5-3-4-6-7/h5,8H,3-4,6H2,1-2H3. The number of carbonyl (C=O) groups is 2. The summed E-state index contributed by atoms with van der Waals surface area (Å²) in [5, 5.41) is 0. The van der Waals surface area contributed by atoms with E-state index in [-0.39, 0.29) is 0 Å². The normalized spacial score (nSPS) is 15.2. The van der Waals surface area contributed by atoms with Gasteiger partial charge < -0.3 is 9.47 Å². The van der Waals surface area contributed by atoms with Crippen LogP contribution in [0.1, 0.15) is 19.3 Å². The predicted molar refractivity (Wildman–Crippen MR) is 49.5 cm³/mol. The zero-order valence-electron chi connectivity index (χ0n) is 8.41. The van der Waals surface area contributed by atoms with Gasteiger partial charge in [-0.25, -0.2) is 0 Å². The fourth-order valence-corrected chi connectivity index (χ4v) is 1.59. The zero-order valence-corrected chi connectivity index (χ0v) is 8.41. The summed E-state index contributed by atoms with van der Waals surface area (Å²) >= 11 is 0. The van der Waals surface area contributed by atoms with E-state index in [2.05, 4.69) is 9.47 Å². The number of esters is 2. The van der Waals surface area contributed by atoms with Crippen LogP contribution in [0.4, 0.5) is 0 Å². The van der Waals surface area contributed by atoms with Gasteiger partial charge in [0.2, 0.25) is 0 Å². The second-order valence-corrected chi connectivity index (χ2v) is 3.15. The van der Waals surface area contributed by atoms with Gasteiger partial charge in [0.15, 0.2) is 5.92 Å². The van der Waals surface area contributed by atoms with Gasteiger partial charge >= 0.3 is 11.9 Å². The van der Waals surface area contributed by atoms with E-state index in [1.54, 1.807) is 0 Å². The first kappa shape index (κ1) is 10.8. The molecule has 0 N–H and O–H groups in total. The second-order valence-electron chi connectivity index (χ2n) is 3.15. The molecule has 0 atom stereocenters. The Kier molecular flexibility index (Phi) is 3.68. The second kappa shape index (κ2) is 4.79. The van der Waals surface area contributed by atoms with Gasteiger partial charge in [0, 0.05) is 0 Å². The smallest absolute Gasteiger partial charge is 0.324 e. The molecule has 14 heavy (non-hydrogen) atoms. The fourth-order valence-electron chi connectivity index (χ4n) is 1.59. The summed E-state index contributed by atoms with van der Waals surface area (Å²) in [6.07, 6.45) is 4.59. The van der Waals surface area contributed by atoms with Gasteiger partial charge in [-0.05, 0) is 24.8 Å². The minimum Gasteiger partial charge on any atom is -0.468 e. The highest BCUT2D eigenvalue weighted by Crippen LogP contribution is 2.26. The van der Waals surface area contributed by atoms with Gasteiger partial charge in [-0.15, -0.1) is 0 Å². The Morgan fingerprint density at radius 3 is 2.21 bits per heavy atom. The molecule has 78 valence electrons. The summed E-state index contributed by atoms with van der Waals surface area (Å²) in [7, 11) is 2.54. The van der Waals surface area contributed by atoms with E-state index in [0.29, 0.717) is 0 Å². The summed E-state index contributed by atoms with van der Waals surface area (Å²) in [6, 6.07) is 0. The fraction of sp³-hybridized carbons (Fsp3) is 0.600. The SMILES string of the molecule is COC(=O)C(C(=O)OC)C1=CCCC1. The molecule has 1 aliphatic rings. The van der Waals surface area contributed by atoms with Crippen LogP contribution in [0.5, 0.6) is 0 Å². The van der Waals surface area contributed by atoms with Crippen LogP contribution in [0.3, 0.4) is 0 Å². The minimum absolute atomic E-state index is 0.537. The van der Waals surface area contributed by atoms with Crippen LogP contribution >= 0.6 is 0 Å². The first-order valence-electron chi connectivity index (χ1n) is 4.55. The quantitative estimate of drug-likeness (QED) is 0.386. The Morgan fingerprint density at radius 1 is 1.29 bits per heavy atom. The first-order valence-corrected chi connectivity index (χ1v) is 4.55. The van der Waals surface area contributed by atoms with Gasteiger partial charge in [-0.3, -0.25) is 9.59 Å². The van der Waals surface area contributed by atoms with Crippen molar-refractivity contribution in [1.82, 2.24) is 0 Å². The highest BCUT2D eigenvalue weighted by atomic mass is 16.5. The number of ether oxygens (including phenoxy) is 2. The third-order valence-electron chi connectivity index (χ3n) is 2.32. The van der Waals surface area contributed by atoms with E-state index >= 15 is 0 Å². The lowest BCUT2D eigenvalue weighted by atomic mass is 9.99. The van der Waals surface area contributed by atoms with Crippen molar-refractivity contribution in [2.24, 2.45) is 5.92 Å². The third kappa shape index (κ3) is 2.13. The van der Waals surface area contributed by atoms with Gasteiger partial charge in [0.25, 0.3) is 0 Å². The zero-order chi connectivity index (χ0) is 10.6. The average Bonchev–Trinajstić information content (AvgIpc) is 2.70. The van der Waals surface area contributed by atoms with E-state index in [9.17, 15) is 9.59 Å². The lowest BCUT2D eigenvalue weighted by Gasteiger charge is -2.13. The lowest BCUT2D eigenvalue weighted by Crippen LogP contribution is -2.27. The van der Waals surface area contributed by atoms with Crippen LogP contribution < -0.4 is 0 Å². The molecule has 0 aromatic heterocycles. The molecule has 1 aliphatic carbocycles. The number of rotatable bonds is 3. The molecular weight excluding hydrogens is 184 g/mol. The predicted octanol–water partition coefficient (Wildman–Crippen LogP) is 1.06. The molecule has 0 amide bonds. The Morgan fingerprint density at radius 2 is 1.86 bits per heavy atom. The molecule has 0 aromatic rings. The van der Waals surface area contributed by atoms with Crippen LogP contribution in [0.2, 0.25) is 0 Å². The maximum Gasteiger partial charge on any atom is 0.324 e. The van der Waals surface area contributed by atoms with Crippen molar-refractivity contribution >= 4 is 11.9 Å². The Hall–Kier alpha value is -1.32. The van der Waals surface area contributed by atoms with Crippen molar-refractivity contribution in [2.45, 2.75) is 19.3 Å². The molecule has 4 heteroatoms. The molecule has 0 aromatic carbocycles. The van der Waals surface area contributed by atoms with E-state index in [1.807, 2.05) is 6.08 Å². The van der Waals surface area contributed by atoms with Crippen molar-refractivity contribution in [3.05, 3.63) is 11.6 Å². The topological polar surface area (TPSA) is 52.6 Å². The largest absolute Gasteiger partial charge is 0.468 e. The maximum absolute atomic E-state index is 11.3. The lowest BCUT2D eigenvalue weighted by molar-refractivity contribution is -0.156. The van der Waals surface area contributed by atoms with Crippen LogP contribution in [0, 0.1) is 5.92 Å². The van der Waals surface area contributed by atoms with Crippen LogP contribution in [-0.4, -0.2) is 26.2 Å². The first-order chi connectivity index (χ1) is 6.70. The highest BCUT2D eigenvalue weighted by molar-refractivity contribution is 5.98. The minimum atomic E-state index is -0.854. The molecule has 0 aliphatic heterocycles. The summed E-state index contributed by atoms with van der Waals surface area (Å²) in [6.45, 7) is 0. The van der Waals surface area contributed by atoms with Crippen molar-refractivity contribution in [3.63, 3.8) is 0 Å². The van der Waals surface area contributed by atoms with Crippen molar-refractivity contribution < 1.29 is 19.1 Å². The average molecular weight is 198 g/mol. The number of hydrogen-bond donors (Lipinski definition) is 0. The molecule has 0 spiro atoms. The molecule has 0 saturated carbocycles. The molecule has 0 bridgehead atoms. The van der Waals surface area contributed by atoms with Crippen LogP contribution in [-0.2, 0) is 19.1 Å². The monoisotopic (exact) mass is 198 g/mol. The van der Waals surface area contributed by atoms with Crippen molar-refractivity contribution in [1.29, 1.82) is 0 Å². The summed E-state index contributed by atoms with van der Waals surface area (Å²) in [5.41, 5.74) is 0.823. The summed E-state index contributed by atoms with van der Waals surface area (Å²) in [5.74, 6) is -1.93. The van der Waals surface area contributed by atoms with Crippen LogP contribution in [0.15, 0.2) is 11.6 Å². The van der Waals surface area contributed by atoms with E-state index in [1.165, 1.54) is 14.2 Å². The molecule has 4 nitrogen and oxygen atoms in total. The third-order valence-corrected chi connectivity index (χ3v) is 2.32. The summed E-state index contributed by atoms with van der Waals surface area (Å²) in [4.78, 5) is 22.7. The molecule has 0 unspecified atom stereocenters. The van der Waals surface area contributed by atoms with E-state index in [0.717, 1.165) is 24.8 Å². The molecular formula is C10H14O4. The van der Waals surface area contributed by atoms with Gasteiger partial charge in [0.05, 0.1) is 14.2 Å². The number of carbonyl (C=O) groups excluding carboxylic acids is 2. The number of methoxy groups -OCH3 is 2. The molecule has 1 rings (SSSR count). The Bertz CT molecular complexity index is 251. The molecule has 0 fully saturated rings. The Balaban J connectivity index is 2.80. The summed E-state index contributed by atoms with van der Waals surface area (Å²) < 4.78 is 9.13.